The van der Waals surface area contributed by atoms with E-state index in [0.717, 1.165) is 28.3 Å². The molecule has 0 saturated carbocycles. The second-order valence-electron chi connectivity index (χ2n) is 7.26. The lowest BCUT2D eigenvalue weighted by Gasteiger charge is -2.21. The van der Waals surface area contributed by atoms with Gasteiger partial charge in [0.05, 0.1) is 30.7 Å². The molecule has 3 heterocycles. The molecule has 0 radical (unpaired) electrons. The Hall–Kier alpha value is -3.10. The molecule has 0 aliphatic heterocycles. The van der Waals surface area contributed by atoms with E-state index in [1.165, 1.54) is 4.88 Å². The molecule has 1 aromatic carbocycles. The Bertz CT molecular complexity index is 1220. The van der Waals surface area contributed by atoms with Gasteiger partial charge < -0.3 is 9.47 Å². The number of aromatic nitrogens is 4. The maximum atomic E-state index is 12.8. The number of ketones is 1. The van der Waals surface area contributed by atoms with Crippen LogP contribution in [-0.2, 0) is 17.8 Å². The number of nitrogens with zero attached hydrogens (tertiary/aromatic N) is 4. The van der Waals surface area contributed by atoms with E-state index >= 15 is 0 Å². The molecule has 0 amide bonds. The third kappa shape index (κ3) is 3.09. The van der Waals surface area contributed by atoms with Gasteiger partial charge in [0, 0.05) is 30.7 Å². The van der Waals surface area contributed by atoms with Crippen LogP contribution in [0, 0.1) is 0 Å². The second kappa shape index (κ2) is 7.62. The number of methoxy groups -OCH3 is 2. The largest absolute Gasteiger partial charge is 0.497 e. The van der Waals surface area contributed by atoms with E-state index in [1.807, 2.05) is 35.7 Å². The molecule has 30 heavy (non-hydrogen) atoms. The van der Waals surface area contributed by atoms with Crippen LogP contribution in [-0.4, -0.2) is 39.8 Å². The molecule has 0 fully saturated rings. The molecule has 3 aromatic heterocycles. The normalized spacial score (nSPS) is 16.1. The zero-order chi connectivity index (χ0) is 20.7. The van der Waals surface area contributed by atoms with Crippen LogP contribution >= 0.6 is 11.3 Å². The number of carbonyl (C=O) groups excluding carboxylic acids is 1. The van der Waals surface area contributed by atoms with Crippen LogP contribution in [0.1, 0.15) is 39.1 Å². The summed E-state index contributed by atoms with van der Waals surface area (Å²) in [6, 6.07) is 11.8. The molecule has 1 aliphatic carbocycles. The van der Waals surface area contributed by atoms with Gasteiger partial charge in [0.2, 0.25) is 0 Å². The summed E-state index contributed by atoms with van der Waals surface area (Å²) < 4.78 is 12.5. The molecule has 0 N–H and O–H groups in total. The highest BCUT2D eigenvalue weighted by Crippen LogP contribution is 2.36. The number of Topliss-reactive ketones (excluding diaryl/α,β-unsaturated/α-hetero) is 1. The van der Waals surface area contributed by atoms with E-state index < -0.39 is 0 Å². The first kappa shape index (κ1) is 18.9. The lowest BCUT2D eigenvalue weighted by Crippen LogP contribution is -2.23. The van der Waals surface area contributed by atoms with Gasteiger partial charge in [0.15, 0.2) is 17.1 Å². The van der Waals surface area contributed by atoms with E-state index in [4.69, 9.17) is 14.6 Å². The molecule has 0 bridgehead atoms. The molecule has 4 aromatic rings. The van der Waals surface area contributed by atoms with Crippen LogP contribution in [0.5, 0.6) is 5.75 Å². The van der Waals surface area contributed by atoms with Crippen molar-refractivity contribution in [2.45, 2.75) is 25.4 Å². The molecule has 7 nitrogen and oxygen atoms in total. The van der Waals surface area contributed by atoms with Gasteiger partial charge in [-0.2, -0.15) is 5.10 Å². The number of hydrogen-bond donors (Lipinski definition) is 0. The van der Waals surface area contributed by atoms with Gasteiger partial charge in [-0.25, -0.2) is 4.52 Å². The summed E-state index contributed by atoms with van der Waals surface area (Å²) in [5.41, 5.74) is 4.43. The van der Waals surface area contributed by atoms with E-state index in [1.54, 1.807) is 30.1 Å². The second-order valence-corrected chi connectivity index (χ2v) is 8.24. The van der Waals surface area contributed by atoms with Gasteiger partial charge in [0.1, 0.15) is 5.75 Å². The van der Waals surface area contributed by atoms with Crippen molar-refractivity contribution in [1.82, 2.24) is 19.8 Å². The van der Waals surface area contributed by atoms with Crippen LogP contribution in [0.3, 0.4) is 0 Å². The highest BCUT2D eigenvalue weighted by molar-refractivity contribution is 7.10. The summed E-state index contributed by atoms with van der Waals surface area (Å²) in [5.74, 6) is 0.923. The third-order valence-electron chi connectivity index (χ3n) is 5.45. The van der Waals surface area contributed by atoms with Crippen LogP contribution in [0.4, 0.5) is 0 Å². The molecule has 1 atom stereocenters. The number of hydrogen-bond acceptors (Lipinski definition) is 7. The predicted molar refractivity (Wildman–Crippen MR) is 113 cm³/mol. The minimum atomic E-state index is 0.0128. The van der Waals surface area contributed by atoms with Crippen molar-refractivity contribution < 1.29 is 14.3 Å². The van der Waals surface area contributed by atoms with Gasteiger partial charge in [-0.3, -0.25) is 4.79 Å². The van der Waals surface area contributed by atoms with Crippen molar-refractivity contribution in [3.05, 3.63) is 63.7 Å². The maximum absolute atomic E-state index is 12.8. The fourth-order valence-corrected chi connectivity index (χ4v) is 4.86. The van der Waals surface area contributed by atoms with Crippen LogP contribution < -0.4 is 4.74 Å². The van der Waals surface area contributed by atoms with Gasteiger partial charge in [-0.15, -0.1) is 21.5 Å². The Labute approximate surface area is 177 Å². The number of thiophene rings is 1. The molecule has 0 saturated heterocycles. The molecule has 0 unspecified atom stereocenters. The zero-order valence-electron chi connectivity index (χ0n) is 16.7. The Balaban J connectivity index is 1.68. The highest BCUT2D eigenvalue weighted by Gasteiger charge is 2.32. The van der Waals surface area contributed by atoms with Crippen molar-refractivity contribution in [1.29, 1.82) is 0 Å². The summed E-state index contributed by atoms with van der Waals surface area (Å²) in [4.78, 5) is 14.0. The van der Waals surface area contributed by atoms with Crippen LogP contribution in [0.15, 0.2) is 41.8 Å². The first-order valence-electron chi connectivity index (χ1n) is 9.66. The minimum Gasteiger partial charge on any atom is -0.497 e. The molecule has 1 aliphatic rings. The van der Waals surface area contributed by atoms with Gasteiger partial charge >= 0.3 is 0 Å². The fraction of sp³-hybridized carbons (Fsp3) is 0.273. The lowest BCUT2D eigenvalue weighted by atomic mass is 9.87. The number of benzene rings is 1. The lowest BCUT2D eigenvalue weighted by molar-refractivity contribution is 0.0956. The average molecular weight is 420 g/mol. The SMILES string of the molecule is COCc1nn2c3c(nnc2c1-c1ccc(OC)cc1)C(=O)C[C@@H](c1cccs1)C3. The summed E-state index contributed by atoms with van der Waals surface area (Å²) in [5, 5.41) is 15.6. The van der Waals surface area contributed by atoms with Crippen molar-refractivity contribution >= 4 is 22.8 Å². The Morgan fingerprint density at radius 1 is 1.13 bits per heavy atom. The van der Waals surface area contributed by atoms with Gasteiger partial charge in [-0.1, -0.05) is 18.2 Å². The summed E-state index contributed by atoms with van der Waals surface area (Å²) >= 11 is 1.68. The van der Waals surface area contributed by atoms with Gasteiger partial charge in [-0.05, 0) is 29.1 Å². The number of ether oxygens (including phenoxy) is 2. The Kier molecular flexibility index (Phi) is 4.80. The molecule has 5 rings (SSSR count). The predicted octanol–water partition coefficient (Wildman–Crippen LogP) is 3.92. The van der Waals surface area contributed by atoms with Crippen LogP contribution in [0.2, 0.25) is 0 Å². The van der Waals surface area contributed by atoms with Crippen molar-refractivity contribution in [3.63, 3.8) is 0 Å². The molecular formula is C22H20N4O3S. The average Bonchev–Trinajstić information content (AvgIpc) is 3.42. The highest BCUT2D eigenvalue weighted by atomic mass is 32.1. The maximum Gasteiger partial charge on any atom is 0.185 e. The first-order chi connectivity index (χ1) is 14.7. The quantitative estimate of drug-likeness (QED) is 0.487. The van der Waals surface area contributed by atoms with Crippen molar-refractivity contribution in [2.75, 3.05) is 14.2 Å². The van der Waals surface area contributed by atoms with E-state index in [0.29, 0.717) is 30.8 Å². The third-order valence-corrected chi connectivity index (χ3v) is 6.48. The summed E-state index contributed by atoms with van der Waals surface area (Å²) in [6.45, 7) is 0.335. The minimum absolute atomic E-state index is 0.0128. The van der Waals surface area contributed by atoms with Crippen LogP contribution in [0.25, 0.3) is 16.8 Å². The van der Waals surface area contributed by atoms with E-state index in [-0.39, 0.29) is 11.7 Å². The smallest absolute Gasteiger partial charge is 0.185 e. The fourth-order valence-electron chi connectivity index (χ4n) is 4.03. The zero-order valence-corrected chi connectivity index (χ0v) is 17.5. The topological polar surface area (TPSA) is 78.6 Å². The van der Waals surface area contributed by atoms with E-state index in [2.05, 4.69) is 16.3 Å². The molecule has 8 heteroatoms. The van der Waals surface area contributed by atoms with Gasteiger partial charge in [0.25, 0.3) is 0 Å². The Morgan fingerprint density at radius 2 is 1.97 bits per heavy atom. The first-order valence-corrected chi connectivity index (χ1v) is 10.5. The van der Waals surface area contributed by atoms with Crippen molar-refractivity contribution in [2.24, 2.45) is 0 Å². The molecule has 152 valence electrons. The number of rotatable bonds is 5. The summed E-state index contributed by atoms with van der Waals surface area (Å²) in [7, 11) is 3.28. The number of fused-ring (bicyclic) bond motifs is 3. The molecule has 0 spiro atoms. The van der Waals surface area contributed by atoms with Crippen molar-refractivity contribution in [3.8, 4) is 16.9 Å². The monoisotopic (exact) mass is 420 g/mol. The summed E-state index contributed by atoms with van der Waals surface area (Å²) in [6.07, 6.45) is 1.15. The Morgan fingerprint density at radius 3 is 2.67 bits per heavy atom. The standard InChI is InChI=1S/C22H20N4O3S/c1-28-12-16-20(13-5-7-15(29-2)8-6-13)22-24-23-21-17(26(22)25-16)10-14(11-18(21)27)19-4-3-9-30-19/h3-9,14H,10-12H2,1-2H3/t14-/m0/s1. The molecular weight excluding hydrogens is 400 g/mol. The number of carbonyl (C=O) groups is 1. The van der Waals surface area contributed by atoms with E-state index in [9.17, 15) is 4.79 Å².